The Hall–Kier alpha value is -2.69. The molecular weight excluding hydrogens is 345 g/mol. The number of Topliss-reactive ketones (excluding diaryl/α,β-unsaturated/α-hetero) is 1. The number of ether oxygens (including phenoxy) is 1. The first-order valence-corrected chi connectivity index (χ1v) is 9.31. The Labute approximate surface area is 157 Å². The van der Waals surface area contributed by atoms with Crippen molar-refractivity contribution in [3.63, 3.8) is 0 Å². The maximum Gasteiger partial charge on any atom is 0.224 e. The molecule has 27 heavy (non-hydrogen) atoms. The molecule has 5 heteroatoms. The largest absolute Gasteiger partial charge is 0.493 e. The van der Waals surface area contributed by atoms with Crippen LogP contribution >= 0.6 is 0 Å². The number of ketones is 1. The van der Waals surface area contributed by atoms with Crippen LogP contribution in [0.3, 0.4) is 0 Å². The molecule has 1 saturated heterocycles. The van der Waals surface area contributed by atoms with Crippen molar-refractivity contribution in [3.8, 4) is 5.75 Å². The molecule has 2 aliphatic rings. The van der Waals surface area contributed by atoms with Crippen molar-refractivity contribution in [2.75, 3.05) is 13.2 Å². The first-order valence-electron chi connectivity index (χ1n) is 9.31. The zero-order valence-electron chi connectivity index (χ0n) is 15.3. The molecule has 0 aliphatic carbocycles. The summed E-state index contributed by atoms with van der Waals surface area (Å²) < 4.78 is 20.0. The third-order valence-corrected chi connectivity index (χ3v) is 5.50. The zero-order valence-corrected chi connectivity index (χ0v) is 15.3. The molecule has 4 rings (SSSR count). The second-order valence-electron chi connectivity index (χ2n) is 7.44. The lowest BCUT2D eigenvalue weighted by Crippen LogP contribution is -2.23. The minimum atomic E-state index is -0.530. The number of halogens is 1. The van der Waals surface area contributed by atoms with Gasteiger partial charge in [-0.2, -0.15) is 0 Å². The molecule has 0 unspecified atom stereocenters. The van der Waals surface area contributed by atoms with Crippen molar-refractivity contribution in [3.05, 3.63) is 64.5 Å². The van der Waals surface area contributed by atoms with E-state index in [4.69, 9.17) is 4.74 Å². The van der Waals surface area contributed by atoms with E-state index in [1.165, 1.54) is 6.07 Å². The topological polar surface area (TPSA) is 55.4 Å². The number of amides is 1. The van der Waals surface area contributed by atoms with Crippen LogP contribution in [0.15, 0.2) is 36.4 Å². The van der Waals surface area contributed by atoms with Gasteiger partial charge in [0.1, 0.15) is 17.3 Å². The van der Waals surface area contributed by atoms with Gasteiger partial charge < -0.3 is 10.1 Å². The highest BCUT2D eigenvalue weighted by Gasteiger charge is 2.38. The van der Waals surface area contributed by atoms with Crippen LogP contribution in [-0.2, 0) is 22.4 Å². The average molecular weight is 367 g/mol. The Morgan fingerprint density at radius 2 is 2.04 bits per heavy atom. The van der Waals surface area contributed by atoms with Crippen molar-refractivity contribution >= 4 is 11.7 Å². The average Bonchev–Trinajstić information content (AvgIpc) is 3.23. The Balaban J connectivity index is 1.52. The number of rotatable bonds is 5. The van der Waals surface area contributed by atoms with Crippen molar-refractivity contribution in [2.24, 2.45) is 5.92 Å². The summed E-state index contributed by atoms with van der Waals surface area (Å²) in [6, 6.07) is 11.0. The van der Waals surface area contributed by atoms with E-state index in [1.807, 2.05) is 31.2 Å². The van der Waals surface area contributed by atoms with Gasteiger partial charge in [-0.25, -0.2) is 4.39 Å². The number of carbonyl (C=O) groups is 2. The predicted octanol–water partition coefficient (Wildman–Crippen LogP) is 3.10. The lowest BCUT2D eigenvalue weighted by molar-refractivity contribution is -0.127. The number of hydrogen-bond acceptors (Lipinski definition) is 3. The van der Waals surface area contributed by atoms with Gasteiger partial charge >= 0.3 is 0 Å². The van der Waals surface area contributed by atoms with Crippen LogP contribution in [0.2, 0.25) is 0 Å². The van der Waals surface area contributed by atoms with Gasteiger partial charge in [0.25, 0.3) is 0 Å². The molecule has 2 aromatic carbocycles. The van der Waals surface area contributed by atoms with E-state index in [-0.39, 0.29) is 36.3 Å². The van der Waals surface area contributed by atoms with E-state index in [0.717, 1.165) is 23.1 Å². The molecule has 2 atom stereocenters. The van der Waals surface area contributed by atoms with Crippen LogP contribution in [0.4, 0.5) is 4.39 Å². The van der Waals surface area contributed by atoms with E-state index < -0.39 is 5.92 Å². The minimum absolute atomic E-state index is 0.00388. The van der Waals surface area contributed by atoms with Crippen LogP contribution in [0.5, 0.6) is 5.75 Å². The number of benzene rings is 2. The van der Waals surface area contributed by atoms with E-state index in [9.17, 15) is 14.0 Å². The number of nitrogens with one attached hydrogen (secondary N) is 1. The van der Waals surface area contributed by atoms with Crippen LogP contribution in [0, 0.1) is 18.7 Å². The fourth-order valence-electron chi connectivity index (χ4n) is 3.98. The summed E-state index contributed by atoms with van der Waals surface area (Å²) in [7, 11) is 0. The van der Waals surface area contributed by atoms with E-state index in [0.29, 0.717) is 24.5 Å². The third-order valence-electron chi connectivity index (χ3n) is 5.50. The zero-order chi connectivity index (χ0) is 19.0. The molecule has 0 radical (unpaired) electrons. The molecule has 140 valence electrons. The fraction of sp³-hybridized carbons (Fsp3) is 0.364. The molecule has 0 spiro atoms. The minimum Gasteiger partial charge on any atom is -0.493 e. The summed E-state index contributed by atoms with van der Waals surface area (Å²) >= 11 is 0. The quantitative estimate of drug-likeness (QED) is 0.884. The Morgan fingerprint density at radius 3 is 2.81 bits per heavy atom. The Kier molecular flexibility index (Phi) is 4.68. The van der Waals surface area contributed by atoms with Crippen molar-refractivity contribution in [1.82, 2.24) is 5.32 Å². The van der Waals surface area contributed by atoms with Gasteiger partial charge in [-0.3, -0.25) is 9.59 Å². The van der Waals surface area contributed by atoms with Gasteiger partial charge in [0, 0.05) is 37.8 Å². The monoisotopic (exact) mass is 367 g/mol. The highest BCUT2D eigenvalue weighted by Crippen LogP contribution is 2.37. The van der Waals surface area contributed by atoms with Gasteiger partial charge in [0.05, 0.1) is 12.5 Å². The summed E-state index contributed by atoms with van der Waals surface area (Å²) in [6.45, 7) is 2.91. The molecule has 1 N–H and O–H groups in total. The molecular formula is C22H22FNO3. The molecule has 2 aromatic rings. The van der Waals surface area contributed by atoms with Gasteiger partial charge in [-0.1, -0.05) is 29.8 Å². The van der Waals surface area contributed by atoms with Crippen LogP contribution in [0.25, 0.3) is 0 Å². The molecule has 0 saturated carbocycles. The van der Waals surface area contributed by atoms with E-state index >= 15 is 0 Å². The smallest absolute Gasteiger partial charge is 0.224 e. The molecule has 2 aliphatic heterocycles. The number of hydrogen-bond donors (Lipinski definition) is 1. The van der Waals surface area contributed by atoms with Gasteiger partial charge in [-0.15, -0.1) is 0 Å². The third kappa shape index (κ3) is 3.59. The van der Waals surface area contributed by atoms with Crippen molar-refractivity contribution in [2.45, 2.75) is 32.1 Å². The second kappa shape index (κ2) is 7.14. The highest BCUT2D eigenvalue weighted by atomic mass is 19.1. The van der Waals surface area contributed by atoms with Gasteiger partial charge in [-0.05, 0) is 29.7 Å². The number of fused-ring (bicyclic) bond motifs is 1. The first-order chi connectivity index (χ1) is 13.0. The normalized spacial score (nSPS) is 20.9. The van der Waals surface area contributed by atoms with Crippen LogP contribution in [0.1, 0.15) is 34.6 Å². The molecule has 2 heterocycles. The van der Waals surface area contributed by atoms with Crippen molar-refractivity contribution in [1.29, 1.82) is 0 Å². The Bertz CT molecular complexity index is 891. The predicted molar refractivity (Wildman–Crippen MR) is 99.3 cm³/mol. The lowest BCUT2D eigenvalue weighted by Gasteiger charge is -2.18. The van der Waals surface area contributed by atoms with Crippen LogP contribution in [-0.4, -0.2) is 24.8 Å². The highest BCUT2D eigenvalue weighted by molar-refractivity contribution is 5.90. The summed E-state index contributed by atoms with van der Waals surface area (Å²) in [5.74, 6) is -0.818. The van der Waals surface area contributed by atoms with Crippen molar-refractivity contribution < 1.29 is 18.7 Å². The fourth-order valence-corrected chi connectivity index (χ4v) is 3.98. The summed E-state index contributed by atoms with van der Waals surface area (Å²) in [6.07, 6.45) is 1.16. The van der Waals surface area contributed by atoms with E-state index in [1.54, 1.807) is 6.07 Å². The number of aryl methyl sites for hydroxylation is 1. The maximum absolute atomic E-state index is 14.6. The molecule has 4 nitrogen and oxygen atoms in total. The summed E-state index contributed by atoms with van der Waals surface area (Å²) in [5, 5.41) is 2.80. The van der Waals surface area contributed by atoms with E-state index in [2.05, 4.69) is 5.32 Å². The molecule has 0 aromatic heterocycles. The molecule has 1 amide bonds. The maximum atomic E-state index is 14.6. The second-order valence-corrected chi connectivity index (χ2v) is 7.44. The summed E-state index contributed by atoms with van der Waals surface area (Å²) in [5.41, 5.74) is 3.54. The van der Waals surface area contributed by atoms with Gasteiger partial charge in [0.2, 0.25) is 5.91 Å². The SMILES string of the molecule is Cc1ccc(CC(=O)C[C@@H]2C(=O)NC[C@H]2c2cc3c(cc2F)OCC3)cc1. The summed E-state index contributed by atoms with van der Waals surface area (Å²) in [4.78, 5) is 24.9. The lowest BCUT2D eigenvalue weighted by atomic mass is 9.83. The van der Waals surface area contributed by atoms with Crippen LogP contribution < -0.4 is 10.1 Å². The first kappa shape index (κ1) is 17.7. The Morgan fingerprint density at radius 1 is 1.26 bits per heavy atom. The molecule has 1 fully saturated rings. The molecule has 0 bridgehead atoms. The standard InChI is InChI=1S/C22H22FNO3/c1-13-2-4-14(5-3-13)8-16(25)10-18-19(12-24-22(18)26)17-9-15-6-7-27-21(15)11-20(17)23/h2-5,9,11,18-19H,6-8,10,12H2,1H3,(H,24,26)/t18-,19-/m0/s1. The number of carbonyl (C=O) groups excluding carboxylic acids is 2. The van der Waals surface area contributed by atoms with Gasteiger partial charge in [0.15, 0.2) is 0 Å².